The Hall–Kier alpha value is -8.68. The molecule has 5 heterocycles. The molecule has 10 aromatic carbocycles. The second-order valence-electron chi connectivity index (χ2n) is 18.0. The van der Waals surface area contributed by atoms with Crippen molar-refractivity contribution in [3.05, 3.63) is 231 Å². The van der Waals surface area contributed by atoms with E-state index in [9.17, 15) is 0 Å². The molecule has 0 bridgehead atoms. The molecule has 0 aliphatic carbocycles. The van der Waals surface area contributed by atoms with Crippen LogP contribution >= 0.6 is 22.7 Å². The van der Waals surface area contributed by atoms with E-state index >= 15 is 0 Å². The highest BCUT2D eigenvalue weighted by Crippen LogP contribution is 2.48. The molecule has 0 aliphatic rings. The maximum Gasteiger partial charge on any atom is 0.160 e. The smallest absolute Gasteiger partial charge is 0.160 e. The molecule has 70 heavy (non-hydrogen) atoms. The van der Waals surface area contributed by atoms with Crippen molar-refractivity contribution in [2.45, 2.75) is 0 Å². The molecule has 0 fully saturated rings. The summed E-state index contributed by atoms with van der Waals surface area (Å²) in [5, 5.41) is 10.2. The Kier molecular flexibility index (Phi) is 8.66. The lowest BCUT2D eigenvalue weighted by molar-refractivity contribution is 1.15. The van der Waals surface area contributed by atoms with Crippen LogP contribution in [0.2, 0.25) is 0 Å². The van der Waals surface area contributed by atoms with E-state index in [1.807, 2.05) is 22.7 Å². The molecule has 6 heteroatoms. The summed E-state index contributed by atoms with van der Waals surface area (Å²) in [6, 6.07) is 83.6. The van der Waals surface area contributed by atoms with E-state index in [4.69, 9.17) is 9.97 Å². The lowest BCUT2D eigenvalue weighted by atomic mass is 9.97. The monoisotopic (exact) mass is 926 g/mol. The van der Waals surface area contributed by atoms with E-state index in [2.05, 4.69) is 240 Å². The SMILES string of the molecule is c1ccc(-c2cc(-c3ccccc3)nc(-c3ccc(-n4c5ccccc5c5c6sc7ccccc7c6ccc54)c(-c4ccccc4-n4c5ccccc5c5c6sc7ccccc7c6ccc54)c3)n2)cc1. The molecule has 0 unspecified atom stereocenters. The van der Waals surface area contributed by atoms with Crippen molar-refractivity contribution in [1.82, 2.24) is 19.1 Å². The highest BCUT2D eigenvalue weighted by atomic mass is 32.1. The minimum atomic E-state index is 0.670. The van der Waals surface area contributed by atoms with Gasteiger partial charge in [0.25, 0.3) is 0 Å². The molecule has 0 aliphatic heterocycles. The molecule has 0 spiro atoms. The molecule has 0 amide bonds. The number of para-hydroxylation sites is 3. The van der Waals surface area contributed by atoms with Crippen LogP contribution in [0.4, 0.5) is 0 Å². The van der Waals surface area contributed by atoms with Crippen LogP contribution in [0.5, 0.6) is 0 Å². The van der Waals surface area contributed by atoms with Gasteiger partial charge in [-0.05, 0) is 66.7 Å². The standard InChI is InChI=1S/C64H38N4S2/c1-3-17-39(18-4-1)50-38-51(40-19-5-2-6-20-40)66-64(65-50)41-31-34-55(68-54-28-14-9-25-48(54)61-57(68)36-33-46-44-23-11-16-30-59(44)70-63(46)61)49(37-41)42-21-7-12-26-52(42)67-53-27-13-8-24-47(53)60-56(67)35-32-45-43-22-10-15-29-58(43)69-62(45)60/h1-38H. The summed E-state index contributed by atoms with van der Waals surface area (Å²) in [5.41, 5.74) is 13.8. The molecule has 0 atom stereocenters. The van der Waals surface area contributed by atoms with Gasteiger partial charge in [-0.1, -0.05) is 164 Å². The van der Waals surface area contributed by atoms with E-state index < -0.39 is 0 Å². The predicted molar refractivity (Wildman–Crippen MR) is 298 cm³/mol. The van der Waals surface area contributed by atoms with E-state index in [1.54, 1.807) is 0 Å². The molecular weight excluding hydrogens is 889 g/mol. The number of benzene rings is 10. The minimum absolute atomic E-state index is 0.670. The largest absolute Gasteiger partial charge is 0.309 e. The lowest BCUT2D eigenvalue weighted by Crippen LogP contribution is -2.02. The molecule has 0 saturated carbocycles. The number of nitrogens with zero attached hydrogens (tertiary/aromatic N) is 4. The summed E-state index contributed by atoms with van der Waals surface area (Å²) in [6.07, 6.45) is 0. The first-order valence-electron chi connectivity index (χ1n) is 23.6. The van der Waals surface area contributed by atoms with Crippen LogP contribution in [0.1, 0.15) is 0 Å². The highest BCUT2D eigenvalue weighted by molar-refractivity contribution is 7.27. The van der Waals surface area contributed by atoms with Crippen LogP contribution in [0.25, 0.3) is 140 Å². The Bertz CT molecular complexity index is 4540. The van der Waals surface area contributed by atoms with Gasteiger partial charge in [-0.2, -0.15) is 0 Å². The second-order valence-corrected chi connectivity index (χ2v) is 20.1. The van der Waals surface area contributed by atoms with Crippen molar-refractivity contribution in [2.24, 2.45) is 0 Å². The predicted octanol–water partition coefficient (Wildman–Crippen LogP) is 18.1. The van der Waals surface area contributed by atoms with Crippen LogP contribution in [0.3, 0.4) is 0 Å². The Balaban J connectivity index is 1.04. The normalized spacial score (nSPS) is 12.0. The Morgan fingerprint density at radius 3 is 1.31 bits per heavy atom. The van der Waals surface area contributed by atoms with Gasteiger partial charge >= 0.3 is 0 Å². The third kappa shape index (κ3) is 5.87. The van der Waals surface area contributed by atoms with Crippen molar-refractivity contribution >= 4 is 107 Å². The highest BCUT2D eigenvalue weighted by Gasteiger charge is 2.24. The first kappa shape index (κ1) is 39.3. The first-order valence-corrected chi connectivity index (χ1v) is 25.3. The third-order valence-electron chi connectivity index (χ3n) is 14.2. The zero-order chi connectivity index (χ0) is 45.9. The van der Waals surface area contributed by atoms with Crippen LogP contribution in [-0.4, -0.2) is 19.1 Å². The van der Waals surface area contributed by atoms with E-state index in [-0.39, 0.29) is 0 Å². The average Bonchev–Trinajstić information content (AvgIpc) is 4.19. The molecule has 15 aromatic rings. The first-order chi connectivity index (χ1) is 34.7. The number of aromatic nitrogens is 4. The van der Waals surface area contributed by atoms with Gasteiger partial charge < -0.3 is 9.13 Å². The van der Waals surface area contributed by atoms with Crippen molar-refractivity contribution in [2.75, 3.05) is 0 Å². The zero-order valence-electron chi connectivity index (χ0n) is 37.5. The summed E-state index contributed by atoms with van der Waals surface area (Å²) in [7, 11) is 0. The van der Waals surface area contributed by atoms with Gasteiger partial charge in [0.15, 0.2) is 5.82 Å². The number of fused-ring (bicyclic) bond motifs is 14. The quantitative estimate of drug-likeness (QED) is 0.167. The molecular formula is C64H38N4S2. The van der Waals surface area contributed by atoms with Gasteiger partial charge in [-0.25, -0.2) is 9.97 Å². The second kappa shape index (κ2) is 15.4. The zero-order valence-corrected chi connectivity index (χ0v) is 39.2. The van der Waals surface area contributed by atoms with Crippen LogP contribution in [-0.2, 0) is 0 Å². The summed E-state index contributed by atoms with van der Waals surface area (Å²) >= 11 is 3.77. The van der Waals surface area contributed by atoms with Gasteiger partial charge in [0, 0.05) is 89.7 Å². The maximum absolute atomic E-state index is 5.36. The fourth-order valence-corrected chi connectivity index (χ4v) is 13.6. The molecule has 0 N–H and O–H groups in total. The molecule has 4 nitrogen and oxygen atoms in total. The Morgan fingerprint density at radius 1 is 0.300 bits per heavy atom. The Morgan fingerprint density at radius 2 is 0.757 bits per heavy atom. The van der Waals surface area contributed by atoms with Gasteiger partial charge in [0.1, 0.15) is 0 Å². The van der Waals surface area contributed by atoms with Crippen molar-refractivity contribution in [3.8, 4) is 56.4 Å². The fourth-order valence-electron chi connectivity index (χ4n) is 11.1. The van der Waals surface area contributed by atoms with E-state index in [1.165, 1.54) is 78.4 Å². The molecule has 5 aromatic heterocycles. The molecule has 0 saturated heterocycles. The van der Waals surface area contributed by atoms with Crippen LogP contribution in [0.15, 0.2) is 231 Å². The van der Waals surface area contributed by atoms with Gasteiger partial charge in [0.2, 0.25) is 0 Å². The van der Waals surface area contributed by atoms with Crippen molar-refractivity contribution in [3.63, 3.8) is 0 Å². The molecule has 0 radical (unpaired) electrons. The summed E-state index contributed by atoms with van der Waals surface area (Å²) in [5.74, 6) is 0.670. The average molecular weight is 927 g/mol. The Labute approximate surface area is 410 Å². The third-order valence-corrected chi connectivity index (χ3v) is 16.6. The molecule has 15 rings (SSSR count). The van der Waals surface area contributed by atoms with E-state index in [0.717, 1.165) is 56.1 Å². The minimum Gasteiger partial charge on any atom is -0.309 e. The number of hydrogen-bond donors (Lipinski definition) is 0. The number of hydrogen-bond acceptors (Lipinski definition) is 4. The summed E-state index contributed by atoms with van der Waals surface area (Å²) in [6.45, 7) is 0. The topological polar surface area (TPSA) is 35.6 Å². The summed E-state index contributed by atoms with van der Waals surface area (Å²) in [4.78, 5) is 10.7. The maximum atomic E-state index is 5.36. The van der Waals surface area contributed by atoms with Crippen LogP contribution in [0, 0.1) is 0 Å². The summed E-state index contributed by atoms with van der Waals surface area (Å²) < 4.78 is 10.2. The van der Waals surface area contributed by atoms with Gasteiger partial charge in [-0.15, -0.1) is 22.7 Å². The number of thiophene rings is 2. The lowest BCUT2D eigenvalue weighted by Gasteiger charge is -2.20. The molecule has 326 valence electrons. The van der Waals surface area contributed by atoms with Crippen molar-refractivity contribution in [1.29, 1.82) is 0 Å². The van der Waals surface area contributed by atoms with Crippen LogP contribution < -0.4 is 0 Å². The van der Waals surface area contributed by atoms with Gasteiger partial charge in [-0.3, -0.25) is 0 Å². The fraction of sp³-hybridized carbons (Fsp3) is 0. The van der Waals surface area contributed by atoms with Crippen molar-refractivity contribution < 1.29 is 0 Å². The van der Waals surface area contributed by atoms with E-state index in [0.29, 0.717) is 5.82 Å². The van der Waals surface area contributed by atoms with Gasteiger partial charge in [0.05, 0.1) is 44.8 Å². The number of rotatable bonds is 6.